The minimum atomic E-state index is 0.417. The highest BCUT2D eigenvalue weighted by Crippen LogP contribution is 2.28. The van der Waals surface area contributed by atoms with Crippen LogP contribution in [0.5, 0.6) is 0 Å². The van der Waals surface area contributed by atoms with Crippen molar-refractivity contribution in [2.45, 2.75) is 0 Å². The molecule has 0 radical (unpaired) electrons. The molecule has 0 N–H and O–H groups in total. The molecule has 0 aliphatic heterocycles. The van der Waals surface area contributed by atoms with E-state index in [1.165, 1.54) is 0 Å². The summed E-state index contributed by atoms with van der Waals surface area (Å²) in [6, 6.07) is 12.6. The highest BCUT2D eigenvalue weighted by atomic mass is 14.9. The van der Waals surface area contributed by atoms with E-state index >= 15 is 0 Å². The summed E-state index contributed by atoms with van der Waals surface area (Å²) in [5, 5.41) is 19.5. The fraction of sp³-hybridized carbons (Fsp3) is 0. The zero-order valence-electron chi connectivity index (χ0n) is 9.28. The molecule has 3 rings (SSSR count). The van der Waals surface area contributed by atoms with Crippen molar-refractivity contribution in [1.29, 1.82) is 10.8 Å². The van der Waals surface area contributed by atoms with E-state index in [4.69, 9.17) is 10.8 Å². The topological polar surface area (TPSA) is 69.2 Å². The third kappa shape index (κ3) is 1.43. The second-order valence-corrected chi connectivity index (χ2v) is 3.91. The number of nitrogens with zero attached hydrogens (tertiary/aromatic N) is 5. The van der Waals surface area contributed by atoms with Gasteiger partial charge in [0.15, 0.2) is 15.5 Å². The number of aromatic nitrogens is 1. The fourth-order valence-electron chi connectivity index (χ4n) is 1.97. The van der Waals surface area contributed by atoms with Crippen molar-refractivity contribution in [2.75, 3.05) is 0 Å². The lowest BCUT2D eigenvalue weighted by molar-refractivity contribution is 1.44. The number of rotatable bonds is 0. The van der Waals surface area contributed by atoms with Gasteiger partial charge < -0.3 is 0 Å². The molecule has 0 bridgehead atoms. The van der Waals surface area contributed by atoms with E-state index in [-0.39, 0.29) is 0 Å². The number of fused-ring (bicyclic) bond motifs is 2. The van der Waals surface area contributed by atoms with Gasteiger partial charge in [0, 0.05) is 22.9 Å². The molecule has 3 aromatic rings. The molecule has 0 saturated heterocycles. The Morgan fingerprint density at radius 1 is 0.889 bits per heavy atom. The third-order valence-corrected chi connectivity index (χ3v) is 2.83. The van der Waals surface area contributed by atoms with Crippen LogP contribution in [0.2, 0.25) is 0 Å². The van der Waals surface area contributed by atoms with Crippen molar-refractivity contribution < 1.29 is 0 Å². The number of hydrogen-bond donors (Lipinski definition) is 0. The molecule has 0 amide bonds. The highest BCUT2D eigenvalue weighted by molar-refractivity contribution is 5.99. The van der Waals surface area contributed by atoms with E-state index in [1.54, 1.807) is 18.2 Å². The summed E-state index contributed by atoms with van der Waals surface area (Å²) in [4.78, 5) is 10.8. The van der Waals surface area contributed by atoms with Gasteiger partial charge in [0.2, 0.25) is 10.8 Å². The predicted molar refractivity (Wildman–Crippen MR) is 68.7 cm³/mol. The molecule has 0 fully saturated rings. The minimum Gasteiger partial charge on any atom is -0.239 e. The summed E-state index contributed by atoms with van der Waals surface area (Å²) < 4.78 is 0. The van der Waals surface area contributed by atoms with Gasteiger partial charge in [0.25, 0.3) is 0 Å². The lowest BCUT2D eigenvalue weighted by atomic mass is 10.1. The smallest absolute Gasteiger partial charge is 0.239 e. The first kappa shape index (κ1) is 10.1. The molecule has 82 valence electrons. The van der Waals surface area contributed by atoms with E-state index in [1.807, 2.05) is 24.3 Å². The van der Waals surface area contributed by atoms with Crippen LogP contribution >= 0.6 is 0 Å². The van der Waals surface area contributed by atoms with Gasteiger partial charge in [0.1, 0.15) is 0 Å². The van der Waals surface area contributed by atoms with E-state index in [0.29, 0.717) is 22.4 Å². The largest absolute Gasteiger partial charge is 0.410 e. The Labute approximate surface area is 102 Å². The maximum Gasteiger partial charge on any atom is 0.410 e. The van der Waals surface area contributed by atoms with Gasteiger partial charge in [-0.2, -0.15) is 0 Å². The number of diazo groups is 2. The van der Waals surface area contributed by atoms with Crippen LogP contribution < -0.4 is 0 Å². The number of para-hydroxylation sites is 1. The molecule has 1 heterocycles. The lowest BCUT2D eigenvalue weighted by Crippen LogP contribution is -1.82. The zero-order chi connectivity index (χ0) is 12.5. The van der Waals surface area contributed by atoms with Crippen molar-refractivity contribution in [3.05, 3.63) is 52.4 Å². The van der Waals surface area contributed by atoms with Gasteiger partial charge in [-0.05, 0) is 12.1 Å². The fourth-order valence-corrected chi connectivity index (χ4v) is 1.97. The Hall–Kier alpha value is -3.05. The molecule has 0 saturated carbocycles. The van der Waals surface area contributed by atoms with Crippen molar-refractivity contribution in [1.82, 2.24) is 4.98 Å². The summed E-state index contributed by atoms with van der Waals surface area (Å²) in [5.41, 5.74) is 2.16. The number of benzene rings is 2. The zero-order valence-corrected chi connectivity index (χ0v) is 9.28. The van der Waals surface area contributed by atoms with E-state index in [2.05, 4.69) is 14.9 Å². The Morgan fingerprint density at radius 3 is 2.56 bits per heavy atom. The summed E-state index contributed by atoms with van der Waals surface area (Å²) in [6.45, 7) is 0. The van der Waals surface area contributed by atoms with Gasteiger partial charge in [-0.25, -0.2) is 4.98 Å². The maximum atomic E-state index is 8.93. The van der Waals surface area contributed by atoms with Gasteiger partial charge in [-0.15, -0.1) is 0 Å². The first-order valence-corrected chi connectivity index (χ1v) is 5.35. The Morgan fingerprint density at radius 2 is 1.78 bits per heavy atom. The Balaban J connectivity index is 2.46. The van der Waals surface area contributed by atoms with Crippen LogP contribution in [0.1, 0.15) is 0 Å². The van der Waals surface area contributed by atoms with Gasteiger partial charge in [0.05, 0.1) is 11.6 Å². The molecule has 0 unspecified atom stereocenters. The summed E-state index contributed by atoms with van der Waals surface area (Å²) in [5.74, 6) is 0. The standard InChI is InChI=1S/C13H7N5/c14-17-10-5-4-8-6-9-2-1-3-11(18-15)13(9)16-12(8)7-10/h1-7H/q+2. The van der Waals surface area contributed by atoms with Crippen LogP contribution in [0.15, 0.2) is 42.5 Å². The normalized spacial score (nSPS) is 10.1. The molecular formula is C13H7N5+2. The molecule has 0 spiro atoms. The molecule has 2 aromatic carbocycles. The first-order valence-electron chi connectivity index (χ1n) is 5.35. The van der Waals surface area contributed by atoms with Crippen molar-refractivity contribution in [3.8, 4) is 0 Å². The summed E-state index contributed by atoms with van der Waals surface area (Å²) in [6.07, 6.45) is 0. The molecule has 5 heteroatoms. The molecule has 0 atom stereocenters. The highest BCUT2D eigenvalue weighted by Gasteiger charge is 2.14. The monoisotopic (exact) mass is 233 g/mol. The Kier molecular flexibility index (Phi) is 2.11. The van der Waals surface area contributed by atoms with Gasteiger partial charge >= 0.3 is 11.4 Å². The molecule has 1 aromatic heterocycles. The van der Waals surface area contributed by atoms with Gasteiger partial charge in [-0.1, -0.05) is 12.1 Å². The van der Waals surface area contributed by atoms with Crippen LogP contribution in [0, 0.1) is 10.8 Å². The van der Waals surface area contributed by atoms with Gasteiger partial charge in [-0.3, -0.25) is 0 Å². The lowest BCUT2D eigenvalue weighted by Gasteiger charge is -1.97. The van der Waals surface area contributed by atoms with E-state index < -0.39 is 0 Å². The SMILES string of the molecule is N#[N+]c1ccc2cc3cccc([N+]#N)c3nc2c1. The maximum absolute atomic E-state index is 8.93. The van der Waals surface area contributed by atoms with Crippen molar-refractivity contribution in [2.24, 2.45) is 0 Å². The molecule has 18 heavy (non-hydrogen) atoms. The van der Waals surface area contributed by atoms with E-state index in [9.17, 15) is 0 Å². The van der Waals surface area contributed by atoms with Crippen LogP contribution in [-0.4, -0.2) is 4.98 Å². The minimum absolute atomic E-state index is 0.417. The van der Waals surface area contributed by atoms with Crippen molar-refractivity contribution >= 4 is 33.2 Å². The molecule has 5 nitrogen and oxygen atoms in total. The van der Waals surface area contributed by atoms with Crippen LogP contribution in [0.3, 0.4) is 0 Å². The van der Waals surface area contributed by atoms with Crippen LogP contribution in [0.25, 0.3) is 31.8 Å². The average Bonchev–Trinajstić information content (AvgIpc) is 2.43. The third-order valence-electron chi connectivity index (χ3n) is 2.83. The van der Waals surface area contributed by atoms with E-state index in [0.717, 1.165) is 10.8 Å². The second-order valence-electron chi connectivity index (χ2n) is 3.91. The average molecular weight is 233 g/mol. The number of hydrogen-bond acceptors (Lipinski definition) is 3. The second kappa shape index (κ2) is 3.76. The first-order chi connectivity index (χ1) is 8.81. The molecule has 0 aliphatic rings. The molecular weight excluding hydrogens is 226 g/mol. The van der Waals surface area contributed by atoms with Crippen LogP contribution in [0.4, 0.5) is 11.4 Å². The van der Waals surface area contributed by atoms with Crippen LogP contribution in [-0.2, 0) is 0 Å². The Bertz CT molecular complexity index is 855. The molecule has 0 aliphatic carbocycles. The number of pyridine rings is 1. The summed E-state index contributed by atoms with van der Waals surface area (Å²) >= 11 is 0. The van der Waals surface area contributed by atoms with Crippen molar-refractivity contribution in [3.63, 3.8) is 0 Å². The summed E-state index contributed by atoms with van der Waals surface area (Å²) in [7, 11) is 0. The quantitative estimate of drug-likeness (QED) is 0.428. The predicted octanol–water partition coefficient (Wildman–Crippen LogP) is 4.36.